The van der Waals surface area contributed by atoms with Crippen LogP contribution in [0.15, 0.2) is 24.4 Å². The number of alkyl carbamates (subject to hydrolysis) is 1. The van der Waals surface area contributed by atoms with Crippen molar-refractivity contribution in [2.75, 3.05) is 6.54 Å². The summed E-state index contributed by atoms with van der Waals surface area (Å²) in [4.78, 5) is 24.9. The molecule has 0 aliphatic carbocycles. The first-order chi connectivity index (χ1) is 9.61. The van der Waals surface area contributed by atoms with E-state index >= 15 is 0 Å². The van der Waals surface area contributed by atoms with Crippen molar-refractivity contribution in [1.29, 1.82) is 0 Å². The predicted octanol–water partition coefficient (Wildman–Crippen LogP) is 1.45. The molecular weight excluding hydrogens is 260 g/mol. The van der Waals surface area contributed by atoms with E-state index in [0.29, 0.717) is 13.0 Å². The molecule has 2 heterocycles. The number of rotatable bonds is 4. The zero-order valence-corrected chi connectivity index (χ0v) is 10.7. The maximum atomic E-state index is 11.0. The smallest absolute Gasteiger partial charge is 0.407 e. The number of hydrogen-bond donors (Lipinski definition) is 3. The zero-order chi connectivity index (χ0) is 14.1. The van der Waals surface area contributed by atoms with Crippen LogP contribution in [0.4, 0.5) is 4.79 Å². The number of aromatic amines is 1. The highest BCUT2D eigenvalue weighted by molar-refractivity contribution is 5.87. The zero-order valence-electron chi connectivity index (χ0n) is 10.7. The fourth-order valence-corrected chi connectivity index (χ4v) is 2.47. The lowest BCUT2D eigenvalue weighted by Crippen LogP contribution is -2.16. The molecule has 104 valence electrons. The lowest BCUT2D eigenvalue weighted by atomic mass is 10.0. The summed E-state index contributed by atoms with van der Waals surface area (Å²) < 4.78 is 5.10. The number of carbonyl (C=O) groups excluding carboxylic acids is 1. The van der Waals surface area contributed by atoms with Gasteiger partial charge < -0.3 is 20.1 Å². The molecular formula is C14H14N2O4. The lowest BCUT2D eigenvalue weighted by Gasteiger charge is -2.08. The van der Waals surface area contributed by atoms with E-state index in [9.17, 15) is 9.59 Å². The minimum absolute atomic E-state index is 0.0105. The Morgan fingerprint density at radius 2 is 2.30 bits per heavy atom. The molecule has 0 bridgehead atoms. The van der Waals surface area contributed by atoms with Crippen LogP contribution in [0.5, 0.6) is 0 Å². The summed E-state index contributed by atoms with van der Waals surface area (Å²) in [5.41, 5.74) is 2.69. The van der Waals surface area contributed by atoms with Crippen LogP contribution >= 0.6 is 0 Å². The number of hydrogen-bond acceptors (Lipinski definition) is 3. The standard InChI is InChI=1S/C14H14N2O4/c17-13(18)5-9-6-15-12-2-1-8(4-11(9)12)3-10-7-16-14(19)20-10/h1-2,4,6,10,15H,3,5,7H2,(H,16,19)(H,17,18)/t10-/m0/s1. The predicted molar refractivity (Wildman–Crippen MR) is 71.6 cm³/mol. The molecule has 2 aromatic rings. The van der Waals surface area contributed by atoms with Crippen molar-refractivity contribution in [3.05, 3.63) is 35.5 Å². The monoisotopic (exact) mass is 274 g/mol. The van der Waals surface area contributed by atoms with Gasteiger partial charge in [-0.15, -0.1) is 0 Å². The van der Waals surface area contributed by atoms with Crippen molar-refractivity contribution < 1.29 is 19.4 Å². The highest BCUT2D eigenvalue weighted by atomic mass is 16.6. The number of aromatic nitrogens is 1. The summed E-state index contributed by atoms with van der Waals surface area (Å²) in [5.74, 6) is -0.856. The van der Waals surface area contributed by atoms with Gasteiger partial charge in [0.25, 0.3) is 0 Å². The van der Waals surface area contributed by atoms with Crippen LogP contribution in [0.1, 0.15) is 11.1 Å². The fraction of sp³-hybridized carbons (Fsp3) is 0.286. The van der Waals surface area contributed by atoms with E-state index in [0.717, 1.165) is 22.0 Å². The Labute approximate surface area is 114 Å². The van der Waals surface area contributed by atoms with Gasteiger partial charge in [0.2, 0.25) is 0 Å². The highest BCUT2D eigenvalue weighted by Crippen LogP contribution is 2.22. The number of aliphatic carboxylic acids is 1. The topological polar surface area (TPSA) is 91.4 Å². The van der Waals surface area contributed by atoms with Crippen molar-refractivity contribution in [3.8, 4) is 0 Å². The number of carbonyl (C=O) groups is 2. The summed E-state index contributed by atoms with van der Waals surface area (Å²) in [6.45, 7) is 0.506. The van der Waals surface area contributed by atoms with Crippen molar-refractivity contribution in [2.24, 2.45) is 0 Å². The van der Waals surface area contributed by atoms with Gasteiger partial charge in [-0.3, -0.25) is 4.79 Å². The molecule has 1 fully saturated rings. The number of benzene rings is 1. The summed E-state index contributed by atoms with van der Waals surface area (Å²) >= 11 is 0. The number of amides is 1. The number of cyclic esters (lactones) is 1. The van der Waals surface area contributed by atoms with E-state index in [1.54, 1.807) is 6.20 Å². The summed E-state index contributed by atoms with van der Waals surface area (Å²) in [6.07, 6.45) is 1.78. The quantitative estimate of drug-likeness (QED) is 0.786. The minimum Gasteiger partial charge on any atom is -0.481 e. The number of carboxylic acids is 1. The van der Waals surface area contributed by atoms with E-state index in [-0.39, 0.29) is 18.6 Å². The fourth-order valence-electron chi connectivity index (χ4n) is 2.47. The second kappa shape index (κ2) is 4.88. The Kier molecular flexibility index (Phi) is 3.06. The van der Waals surface area contributed by atoms with Crippen LogP contribution in [0.3, 0.4) is 0 Å². The van der Waals surface area contributed by atoms with Crippen molar-refractivity contribution in [3.63, 3.8) is 0 Å². The molecule has 1 atom stereocenters. The first-order valence-electron chi connectivity index (χ1n) is 6.37. The summed E-state index contributed by atoms with van der Waals surface area (Å²) in [5, 5.41) is 12.4. The molecule has 1 aliphatic heterocycles. The molecule has 1 aromatic heterocycles. The number of fused-ring (bicyclic) bond motifs is 1. The van der Waals surface area contributed by atoms with E-state index < -0.39 is 5.97 Å². The maximum absolute atomic E-state index is 11.0. The van der Waals surface area contributed by atoms with Crippen LogP contribution in [-0.4, -0.2) is 34.8 Å². The van der Waals surface area contributed by atoms with Crippen LogP contribution in [-0.2, 0) is 22.4 Å². The van der Waals surface area contributed by atoms with Crippen LogP contribution in [0, 0.1) is 0 Å². The van der Waals surface area contributed by atoms with Gasteiger partial charge >= 0.3 is 12.1 Å². The summed E-state index contributed by atoms with van der Waals surface area (Å²) in [6, 6.07) is 5.83. The molecule has 0 unspecified atom stereocenters. The van der Waals surface area contributed by atoms with Gasteiger partial charge in [-0.25, -0.2) is 4.79 Å². The van der Waals surface area contributed by atoms with Gasteiger partial charge in [0, 0.05) is 23.5 Å². The molecule has 3 rings (SSSR count). The van der Waals surface area contributed by atoms with Crippen LogP contribution in [0.2, 0.25) is 0 Å². The molecule has 6 nitrogen and oxygen atoms in total. The molecule has 0 spiro atoms. The number of H-pyrrole nitrogens is 1. The summed E-state index contributed by atoms with van der Waals surface area (Å²) in [7, 11) is 0. The molecule has 20 heavy (non-hydrogen) atoms. The number of carboxylic acid groups (broad SMARTS) is 1. The van der Waals surface area contributed by atoms with Gasteiger partial charge in [-0.1, -0.05) is 6.07 Å². The molecule has 0 saturated carbocycles. The first-order valence-corrected chi connectivity index (χ1v) is 6.37. The molecule has 0 radical (unpaired) electrons. The average Bonchev–Trinajstić information content (AvgIpc) is 2.96. The van der Waals surface area contributed by atoms with Crippen molar-refractivity contribution >= 4 is 23.0 Å². The van der Waals surface area contributed by atoms with Crippen LogP contribution in [0.25, 0.3) is 10.9 Å². The van der Waals surface area contributed by atoms with E-state index in [1.165, 1.54) is 0 Å². The third-order valence-corrected chi connectivity index (χ3v) is 3.38. The maximum Gasteiger partial charge on any atom is 0.407 e. The Morgan fingerprint density at radius 3 is 3.00 bits per heavy atom. The van der Waals surface area contributed by atoms with Gasteiger partial charge in [-0.2, -0.15) is 0 Å². The largest absolute Gasteiger partial charge is 0.481 e. The molecule has 1 aromatic carbocycles. The SMILES string of the molecule is O=C(O)Cc1c[nH]c2ccc(C[C@H]3CNC(=O)O3)cc12. The second-order valence-corrected chi connectivity index (χ2v) is 4.88. The third-order valence-electron chi connectivity index (χ3n) is 3.38. The van der Waals surface area contributed by atoms with E-state index in [1.807, 2.05) is 18.2 Å². The molecule has 1 saturated heterocycles. The van der Waals surface area contributed by atoms with Crippen LogP contribution < -0.4 is 5.32 Å². The van der Waals surface area contributed by atoms with Crippen molar-refractivity contribution in [2.45, 2.75) is 18.9 Å². The molecule has 1 amide bonds. The molecule has 1 aliphatic rings. The normalized spacial score (nSPS) is 18.0. The van der Waals surface area contributed by atoms with Gasteiger partial charge in [0.05, 0.1) is 13.0 Å². The Morgan fingerprint density at radius 1 is 1.45 bits per heavy atom. The molecule has 3 N–H and O–H groups in total. The number of nitrogens with one attached hydrogen (secondary N) is 2. The van der Waals surface area contributed by atoms with Gasteiger partial charge in [-0.05, 0) is 23.3 Å². The third kappa shape index (κ3) is 2.45. The van der Waals surface area contributed by atoms with E-state index in [2.05, 4.69) is 10.3 Å². The Balaban J connectivity index is 1.85. The Bertz CT molecular complexity index is 677. The van der Waals surface area contributed by atoms with Crippen molar-refractivity contribution in [1.82, 2.24) is 10.3 Å². The van der Waals surface area contributed by atoms with Gasteiger partial charge in [0.15, 0.2) is 0 Å². The highest BCUT2D eigenvalue weighted by Gasteiger charge is 2.22. The molecule has 6 heteroatoms. The second-order valence-electron chi connectivity index (χ2n) is 4.88. The van der Waals surface area contributed by atoms with Gasteiger partial charge in [0.1, 0.15) is 6.10 Å². The Hall–Kier alpha value is -2.50. The first kappa shape index (κ1) is 12.5. The number of ether oxygens (including phenoxy) is 1. The lowest BCUT2D eigenvalue weighted by molar-refractivity contribution is -0.136. The average molecular weight is 274 g/mol. The minimum atomic E-state index is -0.856. The van der Waals surface area contributed by atoms with E-state index in [4.69, 9.17) is 9.84 Å².